The molecule has 0 spiro atoms. The SMILES string of the molecule is O=C(c1ccc(Cc2c(F)c(F)c(F)c(F)c2F)cc1)N1CCCC1. The zero-order valence-corrected chi connectivity index (χ0v) is 13.1. The Labute approximate surface area is 140 Å². The van der Waals surface area contributed by atoms with E-state index in [4.69, 9.17) is 0 Å². The maximum atomic E-state index is 13.7. The molecule has 0 saturated carbocycles. The van der Waals surface area contributed by atoms with Gasteiger partial charge in [-0.3, -0.25) is 4.79 Å². The molecule has 0 atom stereocenters. The fourth-order valence-electron chi connectivity index (χ4n) is 2.88. The van der Waals surface area contributed by atoms with Crippen LogP contribution in [0.4, 0.5) is 22.0 Å². The van der Waals surface area contributed by atoms with Gasteiger partial charge in [-0.05, 0) is 30.5 Å². The van der Waals surface area contributed by atoms with Crippen LogP contribution in [-0.2, 0) is 6.42 Å². The third-order valence-corrected chi connectivity index (χ3v) is 4.28. The van der Waals surface area contributed by atoms with Gasteiger partial charge in [-0.2, -0.15) is 0 Å². The zero-order valence-electron chi connectivity index (χ0n) is 13.1. The molecule has 2 aromatic rings. The van der Waals surface area contributed by atoms with E-state index >= 15 is 0 Å². The number of carbonyl (C=O) groups excluding carboxylic acids is 1. The van der Waals surface area contributed by atoms with E-state index in [2.05, 4.69) is 0 Å². The minimum atomic E-state index is -2.18. The number of hydrogen-bond acceptors (Lipinski definition) is 1. The predicted octanol–water partition coefficient (Wildman–Crippen LogP) is 4.21. The number of rotatable bonds is 3. The Morgan fingerprint density at radius 3 is 1.80 bits per heavy atom. The van der Waals surface area contributed by atoms with Gasteiger partial charge in [-0.15, -0.1) is 0 Å². The van der Waals surface area contributed by atoms with Crippen LogP contribution >= 0.6 is 0 Å². The first-order valence-electron chi connectivity index (χ1n) is 7.78. The second-order valence-electron chi connectivity index (χ2n) is 5.92. The summed E-state index contributed by atoms with van der Waals surface area (Å²) in [6, 6.07) is 5.87. The Kier molecular flexibility index (Phi) is 4.74. The Hall–Kier alpha value is -2.44. The molecule has 7 heteroatoms. The molecule has 3 rings (SSSR count). The summed E-state index contributed by atoms with van der Waals surface area (Å²) in [6.45, 7) is 1.37. The molecule has 1 heterocycles. The van der Waals surface area contributed by atoms with Gasteiger partial charge < -0.3 is 4.90 Å². The maximum Gasteiger partial charge on any atom is 0.253 e. The van der Waals surface area contributed by atoms with Gasteiger partial charge in [0.25, 0.3) is 5.91 Å². The maximum absolute atomic E-state index is 13.7. The molecule has 0 aromatic heterocycles. The molecule has 1 saturated heterocycles. The quantitative estimate of drug-likeness (QED) is 0.459. The highest BCUT2D eigenvalue weighted by molar-refractivity contribution is 5.94. The first-order chi connectivity index (χ1) is 11.9. The van der Waals surface area contributed by atoms with E-state index in [1.165, 1.54) is 24.3 Å². The topological polar surface area (TPSA) is 20.3 Å². The smallest absolute Gasteiger partial charge is 0.253 e. The minimum absolute atomic E-state index is 0.139. The number of amides is 1. The lowest BCUT2D eigenvalue weighted by molar-refractivity contribution is 0.0793. The second kappa shape index (κ2) is 6.82. The van der Waals surface area contributed by atoms with Gasteiger partial charge in [0.05, 0.1) is 0 Å². The lowest BCUT2D eigenvalue weighted by Crippen LogP contribution is -2.27. The summed E-state index contributed by atoms with van der Waals surface area (Å²) >= 11 is 0. The molecule has 2 aromatic carbocycles. The van der Waals surface area contributed by atoms with E-state index in [1.807, 2.05) is 0 Å². The number of hydrogen-bond donors (Lipinski definition) is 0. The summed E-state index contributed by atoms with van der Waals surface area (Å²) in [4.78, 5) is 13.9. The van der Waals surface area contributed by atoms with Crippen LogP contribution in [0.2, 0.25) is 0 Å². The van der Waals surface area contributed by atoms with Gasteiger partial charge in [-0.1, -0.05) is 12.1 Å². The normalized spacial score (nSPS) is 14.2. The van der Waals surface area contributed by atoms with Gasteiger partial charge in [0.1, 0.15) is 0 Å². The van der Waals surface area contributed by atoms with Gasteiger partial charge in [-0.25, -0.2) is 22.0 Å². The largest absolute Gasteiger partial charge is 0.339 e. The van der Waals surface area contributed by atoms with Crippen molar-refractivity contribution in [1.82, 2.24) is 4.90 Å². The van der Waals surface area contributed by atoms with Crippen LogP contribution in [0.15, 0.2) is 24.3 Å². The van der Waals surface area contributed by atoms with Crippen LogP contribution in [0.5, 0.6) is 0 Å². The van der Waals surface area contributed by atoms with Crippen molar-refractivity contribution in [1.29, 1.82) is 0 Å². The van der Waals surface area contributed by atoms with E-state index in [-0.39, 0.29) is 5.91 Å². The molecule has 0 bridgehead atoms. The van der Waals surface area contributed by atoms with Crippen LogP contribution in [0.3, 0.4) is 0 Å². The van der Waals surface area contributed by atoms with Gasteiger partial charge in [0.2, 0.25) is 5.82 Å². The molecule has 1 fully saturated rings. The van der Waals surface area contributed by atoms with Crippen LogP contribution < -0.4 is 0 Å². The Morgan fingerprint density at radius 1 is 0.800 bits per heavy atom. The first kappa shape index (κ1) is 17.4. The number of benzene rings is 2. The number of nitrogens with zero attached hydrogens (tertiary/aromatic N) is 1. The highest BCUT2D eigenvalue weighted by Crippen LogP contribution is 2.25. The highest BCUT2D eigenvalue weighted by atomic mass is 19.2. The Balaban J connectivity index is 1.84. The van der Waals surface area contributed by atoms with E-state index < -0.39 is 41.1 Å². The monoisotopic (exact) mass is 355 g/mol. The zero-order chi connectivity index (χ0) is 18.1. The van der Waals surface area contributed by atoms with Crippen molar-refractivity contribution >= 4 is 5.91 Å². The first-order valence-corrected chi connectivity index (χ1v) is 7.78. The summed E-state index contributed by atoms with van der Waals surface area (Å²) < 4.78 is 67.0. The molecule has 1 aliphatic rings. The van der Waals surface area contributed by atoms with Crippen molar-refractivity contribution in [3.8, 4) is 0 Å². The molecule has 0 aliphatic carbocycles. The van der Waals surface area contributed by atoms with Crippen molar-refractivity contribution < 1.29 is 26.7 Å². The standard InChI is InChI=1S/C18H14F5NO/c19-13-12(14(20)16(22)17(23)15(13)21)9-10-3-5-11(6-4-10)18(25)24-7-1-2-8-24/h3-6H,1-2,7-9H2. The predicted molar refractivity (Wildman–Crippen MR) is 80.6 cm³/mol. The molecule has 0 N–H and O–H groups in total. The summed E-state index contributed by atoms with van der Waals surface area (Å²) in [5, 5.41) is 0. The van der Waals surface area contributed by atoms with Crippen molar-refractivity contribution in [2.75, 3.05) is 13.1 Å². The molecule has 1 amide bonds. The third kappa shape index (κ3) is 3.23. The number of carbonyl (C=O) groups is 1. The van der Waals surface area contributed by atoms with Crippen molar-refractivity contribution in [2.45, 2.75) is 19.3 Å². The molecule has 0 radical (unpaired) electrons. The van der Waals surface area contributed by atoms with Gasteiger partial charge >= 0.3 is 0 Å². The van der Waals surface area contributed by atoms with Crippen LogP contribution in [-0.4, -0.2) is 23.9 Å². The average molecular weight is 355 g/mol. The Bertz CT molecular complexity index is 784. The highest BCUT2D eigenvalue weighted by Gasteiger charge is 2.25. The molecule has 132 valence electrons. The summed E-state index contributed by atoms with van der Waals surface area (Å²) in [7, 11) is 0. The fraction of sp³-hybridized carbons (Fsp3) is 0.278. The van der Waals surface area contributed by atoms with E-state index in [9.17, 15) is 26.7 Å². The third-order valence-electron chi connectivity index (χ3n) is 4.28. The minimum Gasteiger partial charge on any atom is -0.339 e. The fourth-order valence-corrected chi connectivity index (χ4v) is 2.88. The van der Waals surface area contributed by atoms with Crippen LogP contribution in [0.1, 0.15) is 34.3 Å². The average Bonchev–Trinajstić information content (AvgIpc) is 3.16. The van der Waals surface area contributed by atoms with Gasteiger partial charge in [0, 0.05) is 30.6 Å². The van der Waals surface area contributed by atoms with Crippen molar-refractivity contribution in [3.05, 3.63) is 70.0 Å². The summed E-state index contributed by atoms with van der Waals surface area (Å²) in [5.74, 6) is -9.92. The van der Waals surface area contributed by atoms with Crippen LogP contribution in [0.25, 0.3) is 0 Å². The lowest BCUT2D eigenvalue weighted by Gasteiger charge is -2.15. The summed E-state index contributed by atoms with van der Waals surface area (Å²) in [6.07, 6.45) is 1.43. The van der Waals surface area contributed by atoms with Gasteiger partial charge in [0.15, 0.2) is 23.3 Å². The molecule has 2 nitrogen and oxygen atoms in total. The van der Waals surface area contributed by atoms with E-state index in [0.717, 1.165) is 12.8 Å². The van der Waals surface area contributed by atoms with Crippen LogP contribution in [0, 0.1) is 29.1 Å². The molecular weight excluding hydrogens is 341 g/mol. The second-order valence-corrected chi connectivity index (χ2v) is 5.92. The van der Waals surface area contributed by atoms with E-state index in [1.54, 1.807) is 4.90 Å². The molecule has 25 heavy (non-hydrogen) atoms. The van der Waals surface area contributed by atoms with Crippen molar-refractivity contribution in [2.24, 2.45) is 0 Å². The van der Waals surface area contributed by atoms with Crippen molar-refractivity contribution in [3.63, 3.8) is 0 Å². The molecular formula is C18H14F5NO. The molecule has 0 unspecified atom stereocenters. The lowest BCUT2D eigenvalue weighted by atomic mass is 10.0. The summed E-state index contributed by atoms with van der Waals surface area (Å²) in [5.41, 5.74) is -0.140. The van der Waals surface area contributed by atoms with E-state index in [0.29, 0.717) is 24.2 Å². The number of halogens is 5. The Morgan fingerprint density at radius 2 is 1.28 bits per heavy atom. The molecule has 1 aliphatic heterocycles. The number of likely N-dealkylation sites (tertiary alicyclic amines) is 1.